The lowest BCUT2D eigenvalue weighted by molar-refractivity contribution is 0.274. The monoisotopic (exact) mass is 239 g/mol. The van der Waals surface area contributed by atoms with Crippen LogP contribution in [0.5, 0.6) is 0 Å². The second-order valence-electron chi connectivity index (χ2n) is 5.47. The van der Waals surface area contributed by atoms with Crippen LogP contribution in [0, 0.1) is 11.8 Å². The van der Waals surface area contributed by atoms with Gasteiger partial charge in [0.15, 0.2) is 5.96 Å². The Labute approximate surface area is 106 Å². The molecule has 0 saturated heterocycles. The largest absolute Gasteiger partial charge is 0.370 e. The molecular formula is C14H29N3. The molecule has 0 aromatic heterocycles. The second-order valence-corrected chi connectivity index (χ2v) is 5.47. The fourth-order valence-electron chi connectivity index (χ4n) is 2.45. The van der Waals surface area contributed by atoms with E-state index in [1.165, 1.54) is 32.1 Å². The minimum Gasteiger partial charge on any atom is -0.370 e. The molecule has 0 radical (unpaired) electrons. The zero-order valence-corrected chi connectivity index (χ0v) is 11.7. The predicted octanol–water partition coefficient (Wildman–Crippen LogP) is 2.91. The lowest BCUT2D eigenvalue weighted by Gasteiger charge is -2.26. The van der Waals surface area contributed by atoms with Crippen molar-refractivity contribution >= 4 is 5.96 Å². The highest BCUT2D eigenvalue weighted by Crippen LogP contribution is 2.30. The minimum absolute atomic E-state index is 0.426. The van der Waals surface area contributed by atoms with Crippen LogP contribution in [0.2, 0.25) is 0 Å². The van der Waals surface area contributed by atoms with Gasteiger partial charge < -0.3 is 11.1 Å². The van der Waals surface area contributed by atoms with Gasteiger partial charge in [-0.3, -0.25) is 4.99 Å². The smallest absolute Gasteiger partial charge is 0.188 e. The van der Waals surface area contributed by atoms with Gasteiger partial charge in [-0.05, 0) is 38.0 Å². The molecule has 3 nitrogen and oxygen atoms in total. The van der Waals surface area contributed by atoms with Crippen molar-refractivity contribution in [3.8, 4) is 0 Å². The number of hydrogen-bond acceptors (Lipinski definition) is 1. The molecule has 1 rings (SSSR count). The molecule has 0 heterocycles. The summed E-state index contributed by atoms with van der Waals surface area (Å²) in [5, 5.41) is 3.22. The molecule has 1 aliphatic carbocycles. The number of guanidine groups is 1. The maximum atomic E-state index is 5.86. The molecule has 1 fully saturated rings. The van der Waals surface area contributed by atoms with Crippen molar-refractivity contribution in [1.82, 2.24) is 5.32 Å². The van der Waals surface area contributed by atoms with Crippen molar-refractivity contribution in [2.24, 2.45) is 22.6 Å². The fraction of sp³-hybridized carbons (Fsp3) is 0.929. The van der Waals surface area contributed by atoms with Gasteiger partial charge >= 0.3 is 0 Å². The molecule has 0 amide bonds. The summed E-state index contributed by atoms with van der Waals surface area (Å²) in [5.74, 6) is 2.35. The van der Waals surface area contributed by atoms with Crippen molar-refractivity contribution in [3.63, 3.8) is 0 Å². The summed E-state index contributed by atoms with van der Waals surface area (Å²) < 4.78 is 0. The Bertz CT molecular complexity index is 230. The first kappa shape index (κ1) is 14.3. The van der Waals surface area contributed by atoms with Gasteiger partial charge in [0.1, 0.15) is 0 Å². The van der Waals surface area contributed by atoms with Crippen molar-refractivity contribution in [2.75, 3.05) is 6.54 Å². The second kappa shape index (κ2) is 7.57. The number of nitrogens with one attached hydrogen (secondary N) is 1. The maximum absolute atomic E-state index is 5.86. The van der Waals surface area contributed by atoms with Crippen LogP contribution in [0.25, 0.3) is 0 Å². The van der Waals surface area contributed by atoms with Crippen LogP contribution in [0.3, 0.4) is 0 Å². The SMILES string of the molecule is CCC1CCC(CN=C(N)NC(C)CC)CC1. The van der Waals surface area contributed by atoms with Crippen LogP contribution in [0.15, 0.2) is 4.99 Å². The third-order valence-electron chi connectivity index (χ3n) is 4.07. The van der Waals surface area contributed by atoms with E-state index in [2.05, 4.69) is 31.1 Å². The van der Waals surface area contributed by atoms with E-state index in [1.807, 2.05) is 0 Å². The summed E-state index contributed by atoms with van der Waals surface area (Å²) in [4.78, 5) is 4.47. The van der Waals surface area contributed by atoms with Crippen LogP contribution in [-0.2, 0) is 0 Å². The van der Waals surface area contributed by atoms with Gasteiger partial charge in [-0.2, -0.15) is 0 Å². The highest BCUT2D eigenvalue weighted by atomic mass is 15.1. The summed E-state index contributed by atoms with van der Waals surface area (Å²) in [7, 11) is 0. The molecule has 1 unspecified atom stereocenters. The normalized spacial score (nSPS) is 27.8. The van der Waals surface area contributed by atoms with Crippen LogP contribution in [-0.4, -0.2) is 18.5 Å². The van der Waals surface area contributed by atoms with E-state index in [9.17, 15) is 0 Å². The number of aliphatic imine (C=N–C) groups is 1. The Balaban J connectivity index is 2.23. The molecular weight excluding hydrogens is 210 g/mol. The summed E-state index contributed by atoms with van der Waals surface area (Å²) >= 11 is 0. The van der Waals surface area contributed by atoms with Gasteiger partial charge in [0, 0.05) is 12.6 Å². The topological polar surface area (TPSA) is 50.4 Å². The molecule has 1 atom stereocenters. The third-order valence-corrected chi connectivity index (χ3v) is 4.07. The number of hydrogen-bond donors (Lipinski definition) is 2. The standard InChI is InChI=1S/C14H29N3/c1-4-11(3)17-14(15)16-10-13-8-6-12(5-2)7-9-13/h11-13H,4-10H2,1-3H3,(H3,15,16,17). The first-order chi connectivity index (χ1) is 8.15. The zero-order chi connectivity index (χ0) is 12.7. The average molecular weight is 239 g/mol. The fourth-order valence-corrected chi connectivity index (χ4v) is 2.45. The number of nitrogens with two attached hydrogens (primary N) is 1. The van der Waals surface area contributed by atoms with E-state index >= 15 is 0 Å². The maximum Gasteiger partial charge on any atom is 0.188 e. The summed E-state index contributed by atoms with van der Waals surface area (Å²) in [5.41, 5.74) is 5.86. The van der Waals surface area contributed by atoms with Crippen molar-refractivity contribution in [3.05, 3.63) is 0 Å². The highest BCUT2D eigenvalue weighted by molar-refractivity contribution is 5.78. The summed E-state index contributed by atoms with van der Waals surface area (Å²) in [6.07, 6.45) is 7.85. The lowest BCUT2D eigenvalue weighted by atomic mass is 9.81. The number of rotatable bonds is 5. The van der Waals surface area contributed by atoms with Crippen LogP contribution < -0.4 is 11.1 Å². The molecule has 0 aliphatic heterocycles. The van der Waals surface area contributed by atoms with Crippen molar-refractivity contribution < 1.29 is 0 Å². The van der Waals surface area contributed by atoms with E-state index < -0.39 is 0 Å². The lowest BCUT2D eigenvalue weighted by Crippen LogP contribution is -2.38. The molecule has 1 aliphatic rings. The van der Waals surface area contributed by atoms with E-state index in [0.717, 1.165) is 24.8 Å². The van der Waals surface area contributed by atoms with E-state index in [-0.39, 0.29) is 0 Å². The molecule has 0 aromatic carbocycles. The van der Waals surface area contributed by atoms with Gasteiger partial charge in [0.2, 0.25) is 0 Å². The van der Waals surface area contributed by atoms with E-state index in [4.69, 9.17) is 5.73 Å². The molecule has 0 bridgehead atoms. The van der Waals surface area contributed by atoms with Gasteiger partial charge in [-0.15, -0.1) is 0 Å². The Morgan fingerprint density at radius 2 is 1.82 bits per heavy atom. The van der Waals surface area contributed by atoms with Crippen LogP contribution in [0.1, 0.15) is 59.3 Å². The Kier molecular flexibility index (Phi) is 6.38. The highest BCUT2D eigenvalue weighted by Gasteiger charge is 2.19. The van der Waals surface area contributed by atoms with Gasteiger partial charge in [-0.1, -0.05) is 33.1 Å². The molecule has 0 aromatic rings. The zero-order valence-electron chi connectivity index (χ0n) is 11.7. The predicted molar refractivity (Wildman–Crippen MR) is 75.1 cm³/mol. The third kappa shape index (κ3) is 5.42. The average Bonchev–Trinajstić information content (AvgIpc) is 2.36. The van der Waals surface area contributed by atoms with Gasteiger partial charge in [0.25, 0.3) is 0 Å². The Hall–Kier alpha value is -0.730. The summed E-state index contributed by atoms with van der Waals surface area (Å²) in [6.45, 7) is 7.49. The summed E-state index contributed by atoms with van der Waals surface area (Å²) in [6, 6.07) is 0.426. The van der Waals surface area contributed by atoms with E-state index in [0.29, 0.717) is 12.0 Å². The van der Waals surface area contributed by atoms with Gasteiger partial charge in [-0.25, -0.2) is 0 Å². The van der Waals surface area contributed by atoms with Crippen LogP contribution in [0.4, 0.5) is 0 Å². The molecule has 100 valence electrons. The van der Waals surface area contributed by atoms with Gasteiger partial charge in [0.05, 0.1) is 0 Å². The quantitative estimate of drug-likeness (QED) is 0.572. The minimum atomic E-state index is 0.426. The Morgan fingerprint density at radius 1 is 1.24 bits per heavy atom. The molecule has 3 N–H and O–H groups in total. The molecule has 1 saturated carbocycles. The first-order valence-corrected chi connectivity index (χ1v) is 7.22. The molecule has 0 spiro atoms. The van der Waals surface area contributed by atoms with Crippen molar-refractivity contribution in [1.29, 1.82) is 0 Å². The molecule has 17 heavy (non-hydrogen) atoms. The molecule has 3 heteroatoms. The van der Waals surface area contributed by atoms with E-state index in [1.54, 1.807) is 0 Å². The van der Waals surface area contributed by atoms with Crippen LogP contribution >= 0.6 is 0 Å². The Morgan fingerprint density at radius 3 is 2.35 bits per heavy atom. The first-order valence-electron chi connectivity index (χ1n) is 7.22. The number of nitrogens with zero attached hydrogens (tertiary/aromatic N) is 1. The van der Waals surface area contributed by atoms with Crippen molar-refractivity contribution in [2.45, 2.75) is 65.3 Å².